The smallest absolute Gasteiger partial charge is 0.331 e. The van der Waals surface area contributed by atoms with Crippen LogP contribution >= 0.6 is 0 Å². The van der Waals surface area contributed by atoms with Crippen LogP contribution in [0.2, 0.25) is 0 Å². The van der Waals surface area contributed by atoms with Gasteiger partial charge in [-0.3, -0.25) is 4.79 Å². The number of allylic oxidation sites excluding steroid dienone is 3. The number of rotatable bonds is 10. The molecule has 0 aliphatic carbocycles. The molecule has 0 aliphatic heterocycles. The van der Waals surface area contributed by atoms with Crippen molar-refractivity contribution in [3.8, 4) is 0 Å². The number of carbonyl (C=O) groups is 2. The zero-order valence-electron chi connectivity index (χ0n) is 13.5. The lowest BCUT2D eigenvalue weighted by molar-refractivity contribution is -0.873. The molecule has 0 fully saturated rings. The summed E-state index contributed by atoms with van der Waals surface area (Å²) in [5, 5.41) is 8.86. The van der Waals surface area contributed by atoms with Gasteiger partial charge in [-0.15, -0.1) is 0 Å². The summed E-state index contributed by atoms with van der Waals surface area (Å²) < 4.78 is 5.74. The highest BCUT2D eigenvalue weighted by molar-refractivity contribution is 5.82. The number of carboxylic acid groups (broad SMARTS) is 1. The van der Waals surface area contributed by atoms with Crippen molar-refractivity contribution in [2.75, 3.05) is 27.7 Å². The van der Waals surface area contributed by atoms with Crippen molar-refractivity contribution in [2.24, 2.45) is 0 Å². The molecule has 120 valence electrons. The first-order chi connectivity index (χ1) is 9.74. The van der Waals surface area contributed by atoms with E-state index < -0.39 is 18.0 Å². The van der Waals surface area contributed by atoms with Crippen LogP contribution in [-0.4, -0.2) is 55.3 Å². The van der Waals surface area contributed by atoms with Crippen LogP contribution in [0, 0.1) is 0 Å². The standard InChI is InChI=1S/C16H27NO4/c1-5-6-7-8-9-10-11-16(20)21-14(12-15(18)19)13-17(2,3)4/h8-11,14H,5-7,12-13H2,1-4H3/p+1/b9-8+,11-10+. The van der Waals surface area contributed by atoms with E-state index in [1.54, 1.807) is 6.08 Å². The molecule has 0 saturated carbocycles. The van der Waals surface area contributed by atoms with Crippen molar-refractivity contribution in [3.63, 3.8) is 0 Å². The van der Waals surface area contributed by atoms with Crippen LogP contribution in [0.3, 0.4) is 0 Å². The molecule has 0 rings (SSSR count). The molecule has 0 aliphatic rings. The molecule has 21 heavy (non-hydrogen) atoms. The Hall–Kier alpha value is -1.62. The molecule has 0 aromatic carbocycles. The summed E-state index contributed by atoms with van der Waals surface area (Å²) in [5.41, 5.74) is 0. The van der Waals surface area contributed by atoms with Crippen LogP contribution in [0.5, 0.6) is 0 Å². The van der Waals surface area contributed by atoms with Crippen LogP contribution in [0.15, 0.2) is 24.3 Å². The predicted molar refractivity (Wildman–Crippen MR) is 82.8 cm³/mol. The second-order valence-corrected chi connectivity index (χ2v) is 6.06. The van der Waals surface area contributed by atoms with Crippen molar-refractivity contribution < 1.29 is 23.9 Å². The highest BCUT2D eigenvalue weighted by atomic mass is 16.5. The maximum absolute atomic E-state index is 11.7. The third-order valence-corrected chi connectivity index (χ3v) is 2.64. The summed E-state index contributed by atoms with van der Waals surface area (Å²) in [7, 11) is 5.78. The molecule has 0 aromatic rings. The molecule has 1 unspecified atom stereocenters. The number of esters is 1. The number of carboxylic acids is 1. The Kier molecular flexibility index (Phi) is 9.37. The van der Waals surface area contributed by atoms with Crippen LogP contribution in [0.4, 0.5) is 0 Å². The van der Waals surface area contributed by atoms with E-state index in [1.165, 1.54) is 6.08 Å². The SMILES string of the molecule is CCCC/C=C/C=C/C(=O)OC(CC(=O)O)C[N+](C)(C)C. The Morgan fingerprint density at radius 3 is 2.43 bits per heavy atom. The number of ether oxygens (including phenoxy) is 1. The monoisotopic (exact) mass is 298 g/mol. The van der Waals surface area contributed by atoms with Crippen molar-refractivity contribution in [3.05, 3.63) is 24.3 Å². The molecule has 0 radical (unpaired) electrons. The molecule has 5 nitrogen and oxygen atoms in total. The Morgan fingerprint density at radius 2 is 1.90 bits per heavy atom. The fraction of sp³-hybridized carbons (Fsp3) is 0.625. The minimum Gasteiger partial charge on any atom is -0.481 e. The molecule has 0 aromatic heterocycles. The second kappa shape index (κ2) is 10.2. The molecule has 0 spiro atoms. The van der Waals surface area contributed by atoms with Gasteiger partial charge >= 0.3 is 11.9 Å². The molecule has 0 heterocycles. The number of carbonyl (C=O) groups excluding carboxylic acids is 1. The van der Waals surface area contributed by atoms with E-state index in [2.05, 4.69) is 6.92 Å². The van der Waals surface area contributed by atoms with E-state index >= 15 is 0 Å². The molecule has 5 heteroatoms. The van der Waals surface area contributed by atoms with Gasteiger partial charge in [0.25, 0.3) is 0 Å². The van der Waals surface area contributed by atoms with Gasteiger partial charge in [-0.1, -0.05) is 38.0 Å². The highest BCUT2D eigenvalue weighted by Crippen LogP contribution is 2.06. The zero-order chi connectivity index (χ0) is 16.3. The molecule has 1 N–H and O–H groups in total. The maximum Gasteiger partial charge on any atom is 0.331 e. The number of hydrogen-bond donors (Lipinski definition) is 1. The summed E-state index contributed by atoms with van der Waals surface area (Å²) in [6.07, 6.45) is 9.20. The quantitative estimate of drug-likeness (QED) is 0.221. The number of unbranched alkanes of at least 4 members (excludes halogenated alkanes) is 2. The van der Waals surface area contributed by atoms with Gasteiger partial charge in [-0.05, 0) is 6.42 Å². The topological polar surface area (TPSA) is 63.6 Å². The summed E-state index contributed by atoms with van der Waals surface area (Å²) in [4.78, 5) is 22.5. The molecule has 0 bridgehead atoms. The van der Waals surface area contributed by atoms with Crippen molar-refractivity contribution in [2.45, 2.75) is 38.7 Å². The zero-order valence-corrected chi connectivity index (χ0v) is 13.5. The highest BCUT2D eigenvalue weighted by Gasteiger charge is 2.23. The number of likely N-dealkylation sites (N-methyl/N-ethyl adjacent to an activating group) is 1. The molecule has 0 amide bonds. The Morgan fingerprint density at radius 1 is 1.24 bits per heavy atom. The third kappa shape index (κ3) is 13.1. The van der Waals surface area contributed by atoms with Gasteiger partial charge in [-0.2, -0.15) is 0 Å². The second-order valence-electron chi connectivity index (χ2n) is 6.06. The van der Waals surface area contributed by atoms with Gasteiger partial charge < -0.3 is 14.3 Å². The first-order valence-electron chi connectivity index (χ1n) is 7.30. The summed E-state index contributed by atoms with van der Waals surface area (Å²) in [6, 6.07) is 0. The summed E-state index contributed by atoms with van der Waals surface area (Å²) >= 11 is 0. The Labute approximate surface area is 127 Å². The van der Waals surface area contributed by atoms with E-state index in [0.29, 0.717) is 11.0 Å². The fourth-order valence-corrected chi connectivity index (χ4v) is 1.78. The average molecular weight is 298 g/mol. The van der Waals surface area contributed by atoms with Crippen LogP contribution in [0.1, 0.15) is 32.6 Å². The lowest BCUT2D eigenvalue weighted by Crippen LogP contribution is -2.43. The predicted octanol–water partition coefficient (Wildman–Crippen LogP) is 2.38. The summed E-state index contributed by atoms with van der Waals surface area (Å²) in [5.74, 6) is -1.47. The molecular weight excluding hydrogens is 270 g/mol. The van der Waals surface area contributed by atoms with Gasteiger partial charge in [0.15, 0.2) is 6.10 Å². The first-order valence-corrected chi connectivity index (χ1v) is 7.30. The van der Waals surface area contributed by atoms with Gasteiger partial charge in [0, 0.05) is 6.08 Å². The minimum atomic E-state index is -0.968. The Balaban J connectivity index is 4.35. The molecular formula is C16H28NO4+. The van der Waals surface area contributed by atoms with Crippen molar-refractivity contribution in [1.82, 2.24) is 0 Å². The maximum atomic E-state index is 11.7. The van der Waals surface area contributed by atoms with E-state index in [4.69, 9.17) is 9.84 Å². The number of hydrogen-bond acceptors (Lipinski definition) is 3. The third-order valence-electron chi connectivity index (χ3n) is 2.64. The van der Waals surface area contributed by atoms with Gasteiger partial charge in [0.05, 0.1) is 27.6 Å². The van der Waals surface area contributed by atoms with Crippen LogP contribution < -0.4 is 0 Å². The van der Waals surface area contributed by atoms with Gasteiger partial charge in [0.1, 0.15) is 6.54 Å². The van der Waals surface area contributed by atoms with E-state index in [0.717, 1.165) is 19.3 Å². The normalized spacial score (nSPS) is 13.7. The van der Waals surface area contributed by atoms with Crippen molar-refractivity contribution in [1.29, 1.82) is 0 Å². The largest absolute Gasteiger partial charge is 0.481 e. The number of aliphatic carboxylic acids is 1. The lowest BCUT2D eigenvalue weighted by Gasteiger charge is -2.28. The number of nitrogens with zero attached hydrogens (tertiary/aromatic N) is 1. The lowest BCUT2D eigenvalue weighted by atomic mass is 10.2. The van der Waals surface area contributed by atoms with E-state index in [1.807, 2.05) is 33.3 Å². The van der Waals surface area contributed by atoms with Crippen LogP contribution in [0.25, 0.3) is 0 Å². The van der Waals surface area contributed by atoms with E-state index in [9.17, 15) is 9.59 Å². The fourth-order valence-electron chi connectivity index (χ4n) is 1.78. The van der Waals surface area contributed by atoms with E-state index in [-0.39, 0.29) is 6.42 Å². The summed E-state index contributed by atoms with van der Waals surface area (Å²) in [6.45, 7) is 2.58. The molecule has 0 saturated heterocycles. The van der Waals surface area contributed by atoms with Crippen LogP contribution in [-0.2, 0) is 14.3 Å². The molecule has 1 atom stereocenters. The number of quaternary nitrogens is 1. The average Bonchev–Trinajstić information content (AvgIpc) is 2.30. The minimum absolute atomic E-state index is 0.179. The van der Waals surface area contributed by atoms with Gasteiger partial charge in [0.2, 0.25) is 0 Å². The first kappa shape index (κ1) is 19.4. The van der Waals surface area contributed by atoms with Gasteiger partial charge in [-0.25, -0.2) is 4.79 Å². The Bertz CT molecular complexity index is 380. The van der Waals surface area contributed by atoms with Crippen molar-refractivity contribution >= 4 is 11.9 Å².